The lowest BCUT2D eigenvalue weighted by Crippen LogP contribution is -2.42. The zero-order valence-electron chi connectivity index (χ0n) is 14.6. The molecule has 1 unspecified atom stereocenters. The van der Waals surface area contributed by atoms with Crippen molar-refractivity contribution in [3.05, 3.63) is 59.7 Å². The maximum Gasteiger partial charge on any atom is 0.305 e. The Morgan fingerprint density at radius 3 is 2.74 bits per heavy atom. The van der Waals surface area contributed by atoms with Crippen molar-refractivity contribution in [2.75, 3.05) is 11.9 Å². The molecule has 0 bridgehead atoms. The maximum absolute atomic E-state index is 12.9. The number of carboxylic acids is 1. The molecule has 0 radical (unpaired) electrons. The van der Waals surface area contributed by atoms with Gasteiger partial charge in [0.1, 0.15) is 6.04 Å². The Labute approximate surface area is 156 Å². The van der Waals surface area contributed by atoms with Gasteiger partial charge >= 0.3 is 5.97 Å². The van der Waals surface area contributed by atoms with Crippen LogP contribution < -0.4 is 5.32 Å². The number of aliphatic imine (C=N–C) groups is 1. The summed E-state index contributed by atoms with van der Waals surface area (Å²) < 4.78 is 0. The van der Waals surface area contributed by atoms with Crippen molar-refractivity contribution in [2.45, 2.75) is 25.4 Å². The Balaban J connectivity index is 1.87. The van der Waals surface area contributed by atoms with Crippen LogP contribution in [0.25, 0.3) is 0 Å². The number of fused-ring (bicyclic) bond motifs is 1. The summed E-state index contributed by atoms with van der Waals surface area (Å²) in [5.41, 5.74) is 2.95. The van der Waals surface area contributed by atoms with Gasteiger partial charge in [-0.2, -0.15) is 4.99 Å². The van der Waals surface area contributed by atoms with E-state index >= 15 is 0 Å². The molecule has 0 saturated heterocycles. The van der Waals surface area contributed by atoms with Gasteiger partial charge in [-0.25, -0.2) is 4.79 Å². The molecule has 27 heavy (non-hydrogen) atoms. The van der Waals surface area contributed by atoms with Crippen molar-refractivity contribution >= 4 is 29.3 Å². The summed E-state index contributed by atoms with van der Waals surface area (Å²) in [6.45, 7) is 0.837. The molecule has 2 N–H and O–H groups in total. The second kappa shape index (κ2) is 8.29. The second-order valence-corrected chi connectivity index (χ2v) is 6.33. The molecular formula is C20H19N3O4. The van der Waals surface area contributed by atoms with E-state index in [9.17, 15) is 19.5 Å². The highest BCUT2D eigenvalue weighted by atomic mass is 16.4. The molecule has 7 nitrogen and oxygen atoms in total. The summed E-state index contributed by atoms with van der Waals surface area (Å²) in [7, 11) is 0. The van der Waals surface area contributed by atoms with Crippen molar-refractivity contribution in [3.8, 4) is 0 Å². The molecule has 1 aliphatic rings. The fourth-order valence-corrected chi connectivity index (χ4v) is 3.12. The van der Waals surface area contributed by atoms with E-state index in [0.29, 0.717) is 30.9 Å². The molecule has 0 aromatic heterocycles. The highest BCUT2D eigenvalue weighted by molar-refractivity contribution is 5.90. The first kappa shape index (κ1) is 18.4. The van der Waals surface area contributed by atoms with Crippen LogP contribution in [0.5, 0.6) is 0 Å². The topological polar surface area (TPSA) is 99.1 Å². The van der Waals surface area contributed by atoms with Gasteiger partial charge in [-0.3, -0.25) is 9.59 Å². The monoisotopic (exact) mass is 365 g/mol. The Morgan fingerprint density at radius 1 is 1.26 bits per heavy atom. The molecule has 138 valence electrons. The molecule has 3 rings (SSSR count). The average molecular weight is 365 g/mol. The number of nitrogens with zero attached hydrogens (tertiary/aromatic N) is 2. The van der Waals surface area contributed by atoms with Crippen LogP contribution in [-0.2, 0) is 27.3 Å². The van der Waals surface area contributed by atoms with Crippen molar-refractivity contribution < 1.29 is 19.5 Å². The van der Waals surface area contributed by atoms with E-state index < -0.39 is 12.0 Å². The first-order chi connectivity index (χ1) is 13.1. The van der Waals surface area contributed by atoms with E-state index in [0.717, 1.165) is 11.1 Å². The van der Waals surface area contributed by atoms with Crippen molar-refractivity contribution in [3.63, 3.8) is 0 Å². The van der Waals surface area contributed by atoms with Crippen LogP contribution in [0, 0.1) is 0 Å². The number of nitrogens with one attached hydrogen (secondary N) is 1. The van der Waals surface area contributed by atoms with Crippen LogP contribution in [0.4, 0.5) is 11.4 Å². The molecular weight excluding hydrogens is 346 g/mol. The molecule has 1 amide bonds. The van der Waals surface area contributed by atoms with Crippen LogP contribution in [-0.4, -0.2) is 40.5 Å². The third kappa shape index (κ3) is 4.59. The van der Waals surface area contributed by atoms with Gasteiger partial charge in [0.25, 0.3) is 0 Å². The summed E-state index contributed by atoms with van der Waals surface area (Å²) in [6.07, 6.45) is 1.83. The zero-order valence-corrected chi connectivity index (χ0v) is 14.6. The number of hydrogen-bond donors (Lipinski definition) is 2. The van der Waals surface area contributed by atoms with Crippen LogP contribution in [0.15, 0.2) is 53.5 Å². The Hall–Kier alpha value is -3.44. The minimum absolute atomic E-state index is 0.259. The molecule has 1 heterocycles. The third-order valence-corrected chi connectivity index (χ3v) is 4.46. The van der Waals surface area contributed by atoms with Crippen LogP contribution in [0.2, 0.25) is 0 Å². The minimum Gasteiger partial charge on any atom is -0.481 e. The van der Waals surface area contributed by atoms with E-state index in [1.807, 2.05) is 30.3 Å². The van der Waals surface area contributed by atoms with Gasteiger partial charge in [-0.15, -0.1) is 0 Å². The van der Waals surface area contributed by atoms with Crippen molar-refractivity contribution in [1.29, 1.82) is 0 Å². The smallest absolute Gasteiger partial charge is 0.305 e. The lowest BCUT2D eigenvalue weighted by atomic mass is 10.1. The molecule has 1 atom stereocenters. The Morgan fingerprint density at radius 2 is 2.04 bits per heavy atom. The van der Waals surface area contributed by atoms with E-state index in [4.69, 9.17) is 0 Å². The molecule has 2 aromatic rings. The van der Waals surface area contributed by atoms with Crippen LogP contribution in [0.3, 0.4) is 0 Å². The van der Waals surface area contributed by atoms with Gasteiger partial charge in [0, 0.05) is 18.8 Å². The normalized spacial score (nSPS) is 15.9. The predicted octanol–water partition coefficient (Wildman–Crippen LogP) is 2.49. The lowest BCUT2D eigenvalue weighted by Gasteiger charge is -2.24. The highest BCUT2D eigenvalue weighted by Crippen LogP contribution is 2.28. The first-order valence-electron chi connectivity index (χ1n) is 8.58. The molecule has 2 aromatic carbocycles. The molecule has 1 aliphatic heterocycles. The molecule has 0 saturated carbocycles. The van der Waals surface area contributed by atoms with Gasteiger partial charge < -0.3 is 15.3 Å². The highest BCUT2D eigenvalue weighted by Gasteiger charge is 2.30. The summed E-state index contributed by atoms with van der Waals surface area (Å²) >= 11 is 0. The van der Waals surface area contributed by atoms with Crippen molar-refractivity contribution in [2.24, 2.45) is 4.99 Å². The summed E-state index contributed by atoms with van der Waals surface area (Å²) in [4.78, 5) is 39.9. The zero-order chi connectivity index (χ0) is 19.2. The van der Waals surface area contributed by atoms with E-state index in [-0.39, 0.29) is 12.3 Å². The van der Waals surface area contributed by atoms with Gasteiger partial charge in [-0.1, -0.05) is 36.4 Å². The number of rotatable bonds is 6. The van der Waals surface area contributed by atoms with Gasteiger partial charge in [0.2, 0.25) is 12.0 Å². The van der Waals surface area contributed by atoms with Gasteiger partial charge in [0.15, 0.2) is 0 Å². The minimum atomic E-state index is -1.06. The summed E-state index contributed by atoms with van der Waals surface area (Å²) in [6, 6.07) is 14.0. The molecule has 0 spiro atoms. The van der Waals surface area contributed by atoms with Gasteiger partial charge in [0.05, 0.1) is 12.1 Å². The maximum atomic E-state index is 12.9. The first-order valence-corrected chi connectivity index (χ1v) is 8.58. The van der Waals surface area contributed by atoms with Crippen LogP contribution in [0.1, 0.15) is 17.5 Å². The Bertz CT molecular complexity index is 891. The number of carbonyl (C=O) groups is 2. The number of anilines is 1. The fourth-order valence-electron chi connectivity index (χ4n) is 3.12. The fraction of sp³-hybridized carbons (Fsp3) is 0.250. The number of benzene rings is 2. The average Bonchev–Trinajstić information content (AvgIpc) is 2.78. The summed E-state index contributed by atoms with van der Waals surface area (Å²) in [5, 5.41) is 12.2. The summed E-state index contributed by atoms with van der Waals surface area (Å²) in [5.74, 6) is -1.32. The SMILES string of the molecule is O=C=Nc1ccc2c(c1)NC(CC(=O)O)C(=O)N(CCc1ccccc1)C2. The molecule has 0 aliphatic carbocycles. The number of aliphatic carboxylic acids is 1. The lowest BCUT2D eigenvalue weighted by molar-refractivity contribution is -0.141. The predicted molar refractivity (Wildman–Crippen MR) is 99.5 cm³/mol. The number of carboxylic acid groups (broad SMARTS) is 1. The van der Waals surface area contributed by atoms with E-state index in [1.165, 1.54) is 6.08 Å². The molecule has 0 fully saturated rings. The van der Waals surface area contributed by atoms with E-state index in [2.05, 4.69) is 10.3 Å². The number of isocyanates is 1. The Kier molecular flexibility index (Phi) is 5.64. The largest absolute Gasteiger partial charge is 0.481 e. The third-order valence-electron chi connectivity index (χ3n) is 4.46. The van der Waals surface area contributed by atoms with Crippen molar-refractivity contribution in [1.82, 2.24) is 4.90 Å². The van der Waals surface area contributed by atoms with Gasteiger partial charge in [-0.05, 0) is 29.7 Å². The number of hydrogen-bond acceptors (Lipinski definition) is 5. The number of amides is 1. The molecule has 7 heteroatoms. The number of carbonyl (C=O) groups excluding carboxylic acids is 2. The second-order valence-electron chi connectivity index (χ2n) is 6.33. The quantitative estimate of drug-likeness (QED) is 0.605. The standard InChI is InChI=1S/C20H19N3O4/c24-13-21-16-7-6-15-12-23(9-8-14-4-2-1-3-5-14)20(27)18(11-19(25)26)22-17(15)10-16/h1-7,10,18,22H,8-9,11-12H2,(H,25,26). The van der Waals surface area contributed by atoms with Crippen LogP contribution >= 0.6 is 0 Å². The van der Waals surface area contributed by atoms with E-state index in [1.54, 1.807) is 23.1 Å².